The first-order valence-electron chi connectivity index (χ1n) is 5.34. The molecule has 0 aromatic carbocycles. The fourth-order valence-corrected chi connectivity index (χ4v) is 2.92. The van der Waals surface area contributed by atoms with Gasteiger partial charge < -0.3 is 5.32 Å². The highest BCUT2D eigenvalue weighted by atomic mass is 32.1. The van der Waals surface area contributed by atoms with Crippen molar-refractivity contribution in [1.82, 2.24) is 15.3 Å². The molecule has 0 saturated carbocycles. The molecule has 1 aliphatic heterocycles. The molecule has 1 saturated heterocycles. The Hall–Kier alpha value is -1.00. The zero-order valence-corrected chi connectivity index (χ0v) is 9.26. The van der Waals surface area contributed by atoms with Gasteiger partial charge in [0.25, 0.3) is 0 Å². The van der Waals surface area contributed by atoms with Crippen LogP contribution < -0.4 is 5.32 Å². The second kappa shape index (κ2) is 3.87. The average Bonchev–Trinajstić information content (AvgIpc) is 2.78. The predicted octanol–water partition coefficient (Wildman–Crippen LogP) is 2.16. The minimum absolute atomic E-state index is 0.666. The maximum Gasteiger partial charge on any atom is 0.143 e. The number of pyridine rings is 1. The summed E-state index contributed by atoms with van der Waals surface area (Å²) in [6, 6.07) is 2.14. The highest BCUT2D eigenvalue weighted by Gasteiger charge is 2.18. The second-order valence-corrected chi connectivity index (χ2v) is 4.76. The van der Waals surface area contributed by atoms with E-state index in [1.807, 2.05) is 11.7 Å². The van der Waals surface area contributed by atoms with E-state index in [1.165, 1.54) is 18.4 Å². The van der Waals surface area contributed by atoms with Gasteiger partial charge >= 0.3 is 0 Å². The fourth-order valence-electron chi connectivity index (χ4n) is 2.26. The smallest absolute Gasteiger partial charge is 0.143 e. The van der Waals surface area contributed by atoms with Gasteiger partial charge in [0.1, 0.15) is 10.3 Å². The monoisotopic (exact) mass is 219 g/mol. The lowest BCUT2D eigenvalue weighted by Gasteiger charge is -2.22. The zero-order valence-electron chi connectivity index (χ0n) is 8.44. The standard InChI is InChI=1S/C11H13N3S/c1-4-12-5-2-8(1)9-3-6-13-11-10(9)14-7-15-11/h3,6-8,12H,1-2,4-5H2. The maximum atomic E-state index is 4.43. The SMILES string of the molecule is c1cc(C2CCNCC2)c2ncsc2n1. The van der Waals surface area contributed by atoms with E-state index in [4.69, 9.17) is 0 Å². The lowest BCUT2D eigenvalue weighted by atomic mass is 9.90. The number of fused-ring (bicyclic) bond motifs is 1. The molecule has 0 bridgehead atoms. The normalized spacial score (nSPS) is 18.4. The van der Waals surface area contributed by atoms with Gasteiger partial charge in [-0.1, -0.05) is 0 Å². The molecule has 0 radical (unpaired) electrons. The topological polar surface area (TPSA) is 37.8 Å². The molecule has 1 N–H and O–H groups in total. The quantitative estimate of drug-likeness (QED) is 0.798. The molecule has 0 amide bonds. The molecular formula is C11H13N3S. The van der Waals surface area contributed by atoms with Crippen LogP contribution in [-0.4, -0.2) is 23.1 Å². The predicted molar refractivity (Wildman–Crippen MR) is 62.3 cm³/mol. The summed E-state index contributed by atoms with van der Waals surface area (Å²) in [6.45, 7) is 2.25. The molecule has 0 aliphatic carbocycles. The Labute approximate surface area is 92.6 Å². The lowest BCUT2D eigenvalue weighted by molar-refractivity contribution is 0.462. The van der Waals surface area contributed by atoms with E-state index >= 15 is 0 Å². The number of thiazole rings is 1. The van der Waals surface area contributed by atoms with Crippen LogP contribution in [0.3, 0.4) is 0 Å². The number of nitrogens with one attached hydrogen (secondary N) is 1. The lowest BCUT2D eigenvalue weighted by Crippen LogP contribution is -2.26. The van der Waals surface area contributed by atoms with Crippen LogP contribution in [0, 0.1) is 0 Å². The molecule has 3 heterocycles. The van der Waals surface area contributed by atoms with Crippen LogP contribution in [0.4, 0.5) is 0 Å². The summed E-state index contributed by atoms with van der Waals surface area (Å²) in [7, 11) is 0. The fraction of sp³-hybridized carbons (Fsp3) is 0.455. The number of rotatable bonds is 1. The highest BCUT2D eigenvalue weighted by Crippen LogP contribution is 2.30. The third-order valence-electron chi connectivity index (χ3n) is 3.05. The molecule has 1 aliphatic rings. The Bertz CT molecular complexity index is 460. The third-order valence-corrected chi connectivity index (χ3v) is 3.78. The first-order chi connectivity index (χ1) is 7.45. The van der Waals surface area contributed by atoms with Crippen molar-refractivity contribution < 1.29 is 0 Å². The van der Waals surface area contributed by atoms with Crippen LogP contribution in [-0.2, 0) is 0 Å². The van der Waals surface area contributed by atoms with E-state index in [1.54, 1.807) is 11.3 Å². The molecule has 3 nitrogen and oxygen atoms in total. The number of hydrogen-bond donors (Lipinski definition) is 1. The Balaban J connectivity index is 2.05. The first-order valence-corrected chi connectivity index (χ1v) is 6.22. The second-order valence-electron chi connectivity index (χ2n) is 3.93. The molecule has 3 rings (SSSR count). The van der Waals surface area contributed by atoms with Gasteiger partial charge in [-0.05, 0) is 43.5 Å². The van der Waals surface area contributed by atoms with Gasteiger partial charge in [-0.25, -0.2) is 9.97 Å². The molecule has 2 aromatic rings. The van der Waals surface area contributed by atoms with Gasteiger partial charge in [-0.3, -0.25) is 0 Å². The van der Waals surface area contributed by atoms with E-state index in [0.717, 1.165) is 23.4 Å². The molecule has 4 heteroatoms. The summed E-state index contributed by atoms with van der Waals surface area (Å²) in [5.74, 6) is 0.666. The van der Waals surface area contributed by atoms with Crippen LogP contribution >= 0.6 is 11.3 Å². The van der Waals surface area contributed by atoms with Crippen molar-refractivity contribution >= 4 is 21.7 Å². The van der Waals surface area contributed by atoms with Gasteiger partial charge in [0.2, 0.25) is 0 Å². The summed E-state index contributed by atoms with van der Waals surface area (Å²) in [5.41, 5.74) is 4.40. The number of aromatic nitrogens is 2. The Morgan fingerprint density at radius 1 is 1.27 bits per heavy atom. The van der Waals surface area contributed by atoms with Crippen molar-refractivity contribution in [3.05, 3.63) is 23.3 Å². The summed E-state index contributed by atoms with van der Waals surface area (Å²) < 4.78 is 0. The minimum atomic E-state index is 0.666. The first kappa shape index (κ1) is 9.24. The minimum Gasteiger partial charge on any atom is -0.317 e. The van der Waals surface area contributed by atoms with E-state index in [2.05, 4.69) is 21.4 Å². The van der Waals surface area contributed by atoms with Crippen LogP contribution in [0.15, 0.2) is 17.8 Å². The van der Waals surface area contributed by atoms with Crippen molar-refractivity contribution in [2.45, 2.75) is 18.8 Å². The van der Waals surface area contributed by atoms with Crippen LogP contribution in [0.5, 0.6) is 0 Å². The molecular weight excluding hydrogens is 206 g/mol. The van der Waals surface area contributed by atoms with E-state index in [0.29, 0.717) is 5.92 Å². The van der Waals surface area contributed by atoms with Gasteiger partial charge in [-0.2, -0.15) is 0 Å². The maximum absolute atomic E-state index is 4.43. The van der Waals surface area contributed by atoms with Gasteiger partial charge in [0.05, 0.1) is 5.51 Å². The number of hydrogen-bond acceptors (Lipinski definition) is 4. The summed E-state index contributed by atoms with van der Waals surface area (Å²) in [4.78, 5) is 9.84. The van der Waals surface area contributed by atoms with Crippen molar-refractivity contribution in [1.29, 1.82) is 0 Å². The van der Waals surface area contributed by atoms with Crippen LogP contribution in [0.1, 0.15) is 24.3 Å². The molecule has 78 valence electrons. The third kappa shape index (κ3) is 1.64. The average molecular weight is 219 g/mol. The molecule has 0 atom stereocenters. The van der Waals surface area contributed by atoms with E-state index in [-0.39, 0.29) is 0 Å². The Morgan fingerprint density at radius 2 is 2.13 bits per heavy atom. The van der Waals surface area contributed by atoms with Gasteiger partial charge in [-0.15, -0.1) is 11.3 Å². The van der Waals surface area contributed by atoms with Crippen LogP contribution in [0.25, 0.3) is 10.3 Å². The molecule has 0 spiro atoms. The highest BCUT2D eigenvalue weighted by molar-refractivity contribution is 7.16. The van der Waals surface area contributed by atoms with Crippen molar-refractivity contribution in [2.75, 3.05) is 13.1 Å². The van der Waals surface area contributed by atoms with Crippen molar-refractivity contribution in [2.24, 2.45) is 0 Å². The number of piperidine rings is 1. The van der Waals surface area contributed by atoms with Crippen LogP contribution in [0.2, 0.25) is 0 Å². The summed E-state index contributed by atoms with van der Waals surface area (Å²) in [6.07, 6.45) is 4.35. The largest absolute Gasteiger partial charge is 0.317 e. The zero-order chi connectivity index (χ0) is 10.1. The summed E-state index contributed by atoms with van der Waals surface area (Å²) >= 11 is 1.63. The van der Waals surface area contributed by atoms with E-state index in [9.17, 15) is 0 Å². The van der Waals surface area contributed by atoms with Crippen molar-refractivity contribution in [3.63, 3.8) is 0 Å². The van der Waals surface area contributed by atoms with Gasteiger partial charge in [0.15, 0.2) is 0 Å². The molecule has 1 fully saturated rings. The van der Waals surface area contributed by atoms with Gasteiger partial charge in [0, 0.05) is 6.20 Å². The Kier molecular flexibility index (Phi) is 2.38. The number of nitrogens with zero attached hydrogens (tertiary/aromatic N) is 2. The van der Waals surface area contributed by atoms with E-state index < -0.39 is 0 Å². The van der Waals surface area contributed by atoms with Crippen molar-refractivity contribution in [3.8, 4) is 0 Å². The Morgan fingerprint density at radius 3 is 3.00 bits per heavy atom. The molecule has 15 heavy (non-hydrogen) atoms. The molecule has 0 unspecified atom stereocenters. The molecule has 2 aromatic heterocycles. The summed E-state index contributed by atoms with van der Waals surface area (Å²) in [5, 5.41) is 3.39.